The summed E-state index contributed by atoms with van der Waals surface area (Å²) in [4.78, 5) is 26.0. The van der Waals surface area contributed by atoms with E-state index in [0.717, 1.165) is 18.4 Å². The zero-order chi connectivity index (χ0) is 21.0. The number of nitrogens with zero attached hydrogens (tertiary/aromatic N) is 1. The topological polar surface area (TPSA) is 71.8 Å². The molecule has 1 heterocycles. The van der Waals surface area contributed by atoms with E-state index in [4.69, 9.17) is 9.15 Å². The van der Waals surface area contributed by atoms with Crippen LogP contribution in [0.15, 0.2) is 28.7 Å². The lowest BCUT2D eigenvalue weighted by Gasteiger charge is -2.21. The summed E-state index contributed by atoms with van der Waals surface area (Å²) in [6.07, 6.45) is 4.79. The van der Waals surface area contributed by atoms with Gasteiger partial charge in [0.05, 0.1) is 26.2 Å². The van der Waals surface area contributed by atoms with E-state index in [1.54, 1.807) is 13.0 Å². The van der Waals surface area contributed by atoms with Gasteiger partial charge in [-0.1, -0.05) is 18.2 Å². The van der Waals surface area contributed by atoms with Gasteiger partial charge in [-0.2, -0.15) is 0 Å². The third-order valence-corrected chi connectivity index (χ3v) is 5.46. The minimum absolute atomic E-state index is 0.0417. The summed E-state index contributed by atoms with van der Waals surface area (Å²) in [6.45, 7) is 4.41. The van der Waals surface area contributed by atoms with Crippen LogP contribution in [0.2, 0.25) is 0 Å². The van der Waals surface area contributed by atoms with E-state index in [-0.39, 0.29) is 18.5 Å². The highest BCUT2D eigenvalue weighted by molar-refractivity contribution is 5.90. The quantitative estimate of drug-likeness (QED) is 0.722. The highest BCUT2D eigenvalue weighted by atomic mass is 16.5. The molecule has 1 aromatic heterocycles. The average molecular weight is 399 g/mol. The van der Waals surface area contributed by atoms with Crippen molar-refractivity contribution >= 4 is 11.9 Å². The van der Waals surface area contributed by atoms with E-state index < -0.39 is 5.97 Å². The van der Waals surface area contributed by atoms with Gasteiger partial charge >= 0.3 is 5.97 Å². The molecule has 1 unspecified atom stereocenters. The van der Waals surface area contributed by atoms with Crippen molar-refractivity contribution in [1.29, 1.82) is 0 Å². The molecule has 1 aromatic carbocycles. The molecule has 6 heteroatoms. The summed E-state index contributed by atoms with van der Waals surface area (Å²) in [6, 6.07) is 8.20. The van der Waals surface area contributed by atoms with Gasteiger partial charge in [0.2, 0.25) is 5.91 Å². The number of esters is 1. The number of benzene rings is 1. The second kappa shape index (κ2) is 9.27. The maximum Gasteiger partial charge on any atom is 0.341 e. The first kappa shape index (κ1) is 21.1. The van der Waals surface area contributed by atoms with E-state index in [2.05, 4.69) is 23.5 Å². The number of methoxy groups -OCH3 is 1. The maximum absolute atomic E-state index is 12.5. The summed E-state index contributed by atoms with van der Waals surface area (Å²) in [5, 5.41) is 3.08. The number of aryl methyl sites for hydroxylation is 3. The van der Waals surface area contributed by atoms with Crippen molar-refractivity contribution < 1.29 is 18.7 Å². The average Bonchev–Trinajstić information content (AvgIpc) is 3.06. The SMILES string of the molecule is COC(=O)c1cc(CN(C)CC(=O)NC(C)c2ccc3c(c2)CCCC3)oc1C. The van der Waals surface area contributed by atoms with Gasteiger partial charge in [-0.05, 0) is 69.3 Å². The Morgan fingerprint density at radius 1 is 1.21 bits per heavy atom. The standard InChI is InChI=1S/C23H30N2O4/c1-15(18-10-9-17-7-5-6-8-19(17)11-18)24-22(26)14-25(3)13-20-12-21(16(2)29-20)23(27)28-4/h9-12,15H,5-8,13-14H2,1-4H3,(H,24,26). The number of carbonyl (C=O) groups is 2. The van der Waals surface area contributed by atoms with E-state index >= 15 is 0 Å². The maximum atomic E-state index is 12.5. The Balaban J connectivity index is 1.54. The molecule has 3 rings (SSSR count). The predicted octanol–water partition coefficient (Wildman–Crippen LogP) is 3.56. The lowest BCUT2D eigenvalue weighted by Crippen LogP contribution is -2.36. The fraction of sp³-hybridized carbons (Fsp3) is 0.478. The Kier molecular flexibility index (Phi) is 6.75. The van der Waals surface area contributed by atoms with Crippen LogP contribution in [0.3, 0.4) is 0 Å². The predicted molar refractivity (Wildman–Crippen MR) is 111 cm³/mol. The van der Waals surface area contributed by atoms with Gasteiger partial charge in [0.1, 0.15) is 17.1 Å². The molecule has 1 aliphatic rings. The molecule has 1 amide bonds. The number of ether oxygens (including phenoxy) is 1. The summed E-state index contributed by atoms with van der Waals surface area (Å²) in [5.41, 5.74) is 4.42. The number of furan rings is 1. The summed E-state index contributed by atoms with van der Waals surface area (Å²) >= 11 is 0. The van der Waals surface area contributed by atoms with Gasteiger partial charge in [0.25, 0.3) is 0 Å². The zero-order valence-corrected chi connectivity index (χ0v) is 17.7. The zero-order valence-electron chi connectivity index (χ0n) is 17.7. The normalized spacial score (nSPS) is 14.4. The van der Waals surface area contributed by atoms with Crippen LogP contribution in [-0.4, -0.2) is 37.5 Å². The molecule has 0 bridgehead atoms. The highest BCUT2D eigenvalue weighted by Crippen LogP contribution is 2.24. The van der Waals surface area contributed by atoms with Gasteiger partial charge in [0, 0.05) is 0 Å². The van der Waals surface area contributed by atoms with Gasteiger partial charge in [-0.3, -0.25) is 9.69 Å². The van der Waals surface area contributed by atoms with E-state index in [1.807, 2.05) is 18.9 Å². The third kappa shape index (κ3) is 5.26. The van der Waals surface area contributed by atoms with Crippen molar-refractivity contribution in [3.05, 3.63) is 58.0 Å². The second-order valence-corrected chi connectivity index (χ2v) is 7.87. The molecule has 0 saturated carbocycles. The van der Waals surface area contributed by atoms with Crippen molar-refractivity contribution in [2.75, 3.05) is 20.7 Å². The highest BCUT2D eigenvalue weighted by Gasteiger charge is 2.18. The Hall–Kier alpha value is -2.60. The number of amides is 1. The van der Waals surface area contributed by atoms with Gasteiger partial charge in [-0.25, -0.2) is 4.79 Å². The number of hydrogen-bond donors (Lipinski definition) is 1. The van der Waals surface area contributed by atoms with E-state index in [1.165, 1.54) is 31.1 Å². The van der Waals surface area contributed by atoms with E-state index in [9.17, 15) is 9.59 Å². The van der Waals surface area contributed by atoms with Gasteiger partial charge < -0.3 is 14.5 Å². The fourth-order valence-electron chi connectivity index (χ4n) is 3.89. The Morgan fingerprint density at radius 3 is 2.66 bits per heavy atom. The van der Waals surface area contributed by atoms with Gasteiger partial charge in [-0.15, -0.1) is 0 Å². The molecule has 29 heavy (non-hydrogen) atoms. The lowest BCUT2D eigenvalue weighted by molar-refractivity contribution is -0.122. The van der Waals surface area contributed by atoms with Crippen LogP contribution in [-0.2, 0) is 28.9 Å². The van der Waals surface area contributed by atoms with Crippen molar-refractivity contribution in [1.82, 2.24) is 10.2 Å². The Bertz CT molecular complexity index is 887. The molecule has 0 spiro atoms. The molecular weight excluding hydrogens is 368 g/mol. The minimum Gasteiger partial charge on any atom is -0.465 e. The molecule has 1 atom stereocenters. The van der Waals surface area contributed by atoms with Crippen LogP contribution in [0.25, 0.3) is 0 Å². The van der Waals surface area contributed by atoms with Crippen molar-refractivity contribution in [2.45, 2.75) is 52.1 Å². The van der Waals surface area contributed by atoms with Crippen LogP contribution < -0.4 is 5.32 Å². The fourth-order valence-corrected chi connectivity index (χ4v) is 3.89. The summed E-state index contributed by atoms with van der Waals surface area (Å²) in [5.74, 6) is 0.678. The molecule has 0 fully saturated rings. The van der Waals surface area contributed by atoms with Crippen molar-refractivity contribution in [3.63, 3.8) is 0 Å². The van der Waals surface area contributed by atoms with Gasteiger partial charge in [0.15, 0.2) is 0 Å². The third-order valence-electron chi connectivity index (χ3n) is 5.46. The summed E-state index contributed by atoms with van der Waals surface area (Å²) in [7, 11) is 3.19. The molecule has 2 aromatic rings. The summed E-state index contributed by atoms with van der Waals surface area (Å²) < 4.78 is 10.4. The number of nitrogens with one attached hydrogen (secondary N) is 1. The number of carbonyl (C=O) groups excluding carboxylic acids is 2. The van der Waals surface area contributed by atoms with Crippen molar-refractivity contribution in [2.24, 2.45) is 0 Å². The largest absolute Gasteiger partial charge is 0.465 e. The molecule has 1 N–H and O–H groups in total. The van der Waals surface area contributed by atoms with Crippen LogP contribution in [0.1, 0.15) is 64.4 Å². The Morgan fingerprint density at radius 2 is 1.93 bits per heavy atom. The lowest BCUT2D eigenvalue weighted by atomic mass is 9.89. The van der Waals surface area contributed by atoms with E-state index in [0.29, 0.717) is 23.6 Å². The minimum atomic E-state index is -0.420. The second-order valence-electron chi connectivity index (χ2n) is 7.87. The first-order chi connectivity index (χ1) is 13.9. The molecule has 0 saturated heterocycles. The molecular formula is C23H30N2O4. The van der Waals surface area contributed by atoms with Crippen LogP contribution >= 0.6 is 0 Å². The number of likely N-dealkylation sites (N-methyl/N-ethyl adjacent to an activating group) is 1. The first-order valence-corrected chi connectivity index (χ1v) is 10.1. The monoisotopic (exact) mass is 398 g/mol. The molecule has 1 aliphatic carbocycles. The van der Waals surface area contributed by atoms with Crippen molar-refractivity contribution in [3.8, 4) is 0 Å². The number of hydrogen-bond acceptors (Lipinski definition) is 5. The van der Waals surface area contributed by atoms with Crippen LogP contribution in [0.4, 0.5) is 0 Å². The van der Waals surface area contributed by atoms with Crippen LogP contribution in [0.5, 0.6) is 0 Å². The first-order valence-electron chi connectivity index (χ1n) is 10.1. The van der Waals surface area contributed by atoms with Crippen LogP contribution in [0, 0.1) is 6.92 Å². The molecule has 6 nitrogen and oxygen atoms in total. The molecule has 0 radical (unpaired) electrons. The number of rotatable bonds is 7. The molecule has 156 valence electrons. The smallest absolute Gasteiger partial charge is 0.341 e. The Labute approximate surface area is 172 Å². The molecule has 0 aliphatic heterocycles. The number of fused-ring (bicyclic) bond motifs is 1.